The normalized spacial score (nSPS) is 11.3. The van der Waals surface area contributed by atoms with Crippen LogP contribution >= 0.6 is 39.3 Å². The molecule has 0 fully saturated rings. The first-order chi connectivity index (χ1) is 16.8. The van der Waals surface area contributed by atoms with Crippen molar-refractivity contribution in [3.05, 3.63) is 75.0 Å². The second-order valence-electron chi connectivity index (χ2n) is 7.94. The van der Waals surface area contributed by atoms with Crippen LogP contribution < -0.4 is 10.6 Å². The van der Waals surface area contributed by atoms with E-state index in [0.29, 0.717) is 22.5 Å². The maximum atomic E-state index is 12.6. The van der Waals surface area contributed by atoms with Crippen LogP contribution in [0.1, 0.15) is 43.6 Å². The molecule has 0 spiro atoms. The summed E-state index contributed by atoms with van der Waals surface area (Å²) in [6.07, 6.45) is 3.10. The smallest absolute Gasteiger partial charge is 0.244 e. The molecule has 0 atom stereocenters. The molecule has 7 nitrogen and oxygen atoms in total. The number of rotatable bonds is 10. The minimum Gasteiger partial charge on any atom is -0.345 e. The van der Waals surface area contributed by atoms with Crippen molar-refractivity contribution in [3.8, 4) is 0 Å². The monoisotopic (exact) mass is 575 g/mol. The van der Waals surface area contributed by atoms with E-state index >= 15 is 0 Å². The van der Waals surface area contributed by atoms with Gasteiger partial charge in [0.15, 0.2) is 11.0 Å². The molecule has 0 aliphatic rings. The summed E-state index contributed by atoms with van der Waals surface area (Å²) in [6, 6.07) is 13.1. The lowest BCUT2D eigenvalue weighted by molar-refractivity contribution is -0.116. The summed E-state index contributed by atoms with van der Waals surface area (Å²) in [6.45, 7) is 6.97. The fraction of sp³-hybridized carbons (Fsp3) is 0.280. The fourth-order valence-electron chi connectivity index (χ4n) is 3.32. The zero-order valence-corrected chi connectivity index (χ0v) is 22.9. The van der Waals surface area contributed by atoms with Gasteiger partial charge >= 0.3 is 0 Å². The summed E-state index contributed by atoms with van der Waals surface area (Å²) in [5.41, 5.74) is 2.64. The van der Waals surface area contributed by atoms with Crippen molar-refractivity contribution in [1.82, 2.24) is 20.1 Å². The number of carbonyl (C=O) groups excluding carboxylic acids is 2. The molecule has 2 N–H and O–H groups in total. The maximum absolute atomic E-state index is 12.6. The van der Waals surface area contributed by atoms with Crippen molar-refractivity contribution in [1.29, 1.82) is 0 Å². The largest absolute Gasteiger partial charge is 0.345 e. The van der Waals surface area contributed by atoms with Crippen molar-refractivity contribution in [3.63, 3.8) is 0 Å². The van der Waals surface area contributed by atoms with Gasteiger partial charge < -0.3 is 15.2 Å². The Balaban J connectivity index is 1.56. The Morgan fingerprint density at radius 1 is 1.20 bits per heavy atom. The molecule has 2 aromatic carbocycles. The number of hydrogen-bond donors (Lipinski definition) is 2. The minimum absolute atomic E-state index is 0.121. The first kappa shape index (κ1) is 27.0. The number of thioether (sulfide) groups is 1. The van der Waals surface area contributed by atoms with Gasteiger partial charge in [-0.3, -0.25) is 9.59 Å². The quantitative estimate of drug-likeness (QED) is 0.232. The van der Waals surface area contributed by atoms with E-state index in [9.17, 15) is 9.59 Å². The molecule has 2 amide bonds. The van der Waals surface area contributed by atoms with E-state index in [1.807, 2.05) is 47.9 Å². The molecule has 10 heteroatoms. The SMILES string of the molecule is CCn1c(CNC(=O)/C=C/c2ccccc2Cl)nnc1SCC(=O)Nc1ccc(Br)cc1C(C)C. The summed E-state index contributed by atoms with van der Waals surface area (Å²) >= 11 is 10.9. The van der Waals surface area contributed by atoms with E-state index in [2.05, 4.69) is 50.6 Å². The average Bonchev–Trinajstić information content (AvgIpc) is 3.23. The molecular formula is C25H27BrClN5O2S. The van der Waals surface area contributed by atoms with Crippen LogP contribution in [0.25, 0.3) is 6.08 Å². The molecule has 35 heavy (non-hydrogen) atoms. The Morgan fingerprint density at radius 2 is 1.97 bits per heavy atom. The molecule has 1 aromatic heterocycles. The Bertz CT molecular complexity index is 1230. The van der Waals surface area contributed by atoms with E-state index in [1.165, 1.54) is 17.8 Å². The molecule has 0 bridgehead atoms. The molecule has 0 unspecified atom stereocenters. The maximum Gasteiger partial charge on any atom is 0.244 e. The number of amides is 2. The van der Waals surface area contributed by atoms with Gasteiger partial charge in [0, 0.05) is 27.8 Å². The highest BCUT2D eigenvalue weighted by Gasteiger charge is 2.15. The predicted molar refractivity (Wildman–Crippen MR) is 146 cm³/mol. The van der Waals surface area contributed by atoms with Crippen LogP contribution in [-0.4, -0.2) is 32.3 Å². The van der Waals surface area contributed by atoms with Gasteiger partial charge in [0.1, 0.15) is 0 Å². The minimum atomic E-state index is -0.264. The van der Waals surface area contributed by atoms with E-state index in [0.717, 1.165) is 21.3 Å². The number of nitrogens with zero attached hydrogens (tertiary/aromatic N) is 3. The molecule has 184 valence electrons. The highest BCUT2D eigenvalue weighted by atomic mass is 79.9. The Hall–Kier alpha value is -2.62. The van der Waals surface area contributed by atoms with Crippen molar-refractivity contribution < 1.29 is 9.59 Å². The third-order valence-electron chi connectivity index (χ3n) is 5.09. The van der Waals surface area contributed by atoms with Crippen molar-refractivity contribution in [2.45, 2.75) is 44.9 Å². The Kier molecular flexibility index (Phi) is 9.94. The first-order valence-electron chi connectivity index (χ1n) is 11.1. The molecule has 3 rings (SSSR count). The van der Waals surface area contributed by atoms with Crippen LogP contribution in [0.4, 0.5) is 5.69 Å². The van der Waals surface area contributed by atoms with Gasteiger partial charge in [0.25, 0.3) is 0 Å². The van der Waals surface area contributed by atoms with Crippen molar-refractivity contribution in [2.75, 3.05) is 11.1 Å². The lowest BCUT2D eigenvalue weighted by Crippen LogP contribution is -2.22. The Morgan fingerprint density at radius 3 is 2.69 bits per heavy atom. The molecule has 0 aliphatic heterocycles. The number of benzene rings is 2. The number of nitrogens with one attached hydrogen (secondary N) is 2. The van der Waals surface area contributed by atoms with Crippen LogP contribution in [0.5, 0.6) is 0 Å². The third-order valence-corrected chi connectivity index (χ3v) is 6.90. The number of carbonyl (C=O) groups is 2. The standard InChI is InChI=1S/C25H27BrClN5O2S/c1-4-32-22(14-28-23(33)12-9-17-7-5-6-8-20(17)27)30-31-25(32)35-15-24(34)29-21-11-10-18(26)13-19(21)16(2)3/h5-13,16H,4,14-15H2,1-3H3,(H,28,33)(H,29,34)/b12-9+. The predicted octanol–water partition coefficient (Wildman–Crippen LogP) is 5.90. The van der Waals surface area contributed by atoms with E-state index < -0.39 is 0 Å². The second-order valence-corrected chi connectivity index (χ2v) is 10.2. The van der Waals surface area contributed by atoms with Crippen LogP contribution in [0, 0.1) is 0 Å². The Labute approximate surface area is 222 Å². The van der Waals surface area contributed by atoms with Gasteiger partial charge in [-0.2, -0.15) is 0 Å². The van der Waals surface area contributed by atoms with Gasteiger partial charge in [0.2, 0.25) is 11.8 Å². The summed E-state index contributed by atoms with van der Waals surface area (Å²) in [5.74, 6) is 0.698. The lowest BCUT2D eigenvalue weighted by atomic mass is 10.0. The number of hydrogen-bond acceptors (Lipinski definition) is 5. The molecule has 0 saturated heterocycles. The molecule has 3 aromatic rings. The van der Waals surface area contributed by atoms with E-state index in [-0.39, 0.29) is 30.0 Å². The molecule has 0 aliphatic carbocycles. The van der Waals surface area contributed by atoms with Crippen LogP contribution in [-0.2, 0) is 22.7 Å². The van der Waals surface area contributed by atoms with Gasteiger partial charge in [-0.1, -0.05) is 71.3 Å². The zero-order chi connectivity index (χ0) is 25.4. The van der Waals surface area contributed by atoms with Gasteiger partial charge in [0.05, 0.1) is 12.3 Å². The third kappa shape index (κ3) is 7.68. The first-order valence-corrected chi connectivity index (χ1v) is 13.3. The fourth-order valence-corrected chi connectivity index (χ4v) is 4.72. The van der Waals surface area contributed by atoms with Crippen molar-refractivity contribution in [2.24, 2.45) is 0 Å². The summed E-state index contributed by atoms with van der Waals surface area (Å²) < 4.78 is 2.86. The zero-order valence-electron chi connectivity index (χ0n) is 19.7. The van der Waals surface area contributed by atoms with Gasteiger partial charge in [-0.15, -0.1) is 10.2 Å². The van der Waals surface area contributed by atoms with Gasteiger partial charge in [-0.25, -0.2) is 0 Å². The van der Waals surface area contributed by atoms with E-state index in [4.69, 9.17) is 11.6 Å². The number of halogens is 2. The summed E-state index contributed by atoms with van der Waals surface area (Å²) in [7, 11) is 0. The van der Waals surface area contributed by atoms with Crippen LogP contribution in [0.3, 0.4) is 0 Å². The average molecular weight is 577 g/mol. The highest BCUT2D eigenvalue weighted by molar-refractivity contribution is 9.10. The van der Waals surface area contributed by atoms with Crippen LogP contribution in [0.15, 0.2) is 58.2 Å². The number of aromatic nitrogens is 3. The molecule has 0 saturated carbocycles. The van der Waals surface area contributed by atoms with E-state index in [1.54, 1.807) is 12.1 Å². The number of anilines is 1. The van der Waals surface area contributed by atoms with Crippen molar-refractivity contribution >= 4 is 62.9 Å². The summed E-state index contributed by atoms with van der Waals surface area (Å²) in [4.78, 5) is 24.8. The molecule has 0 radical (unpaired) electrons. The second kappa shape index (κ2) is 12.9. The van der Waals surface area contributed by atoms with Crippen LogP contribution in [0.2, 0.25) is 5.02 Å². The highest BCUT2D eigenvalue weighted by Crippen LogP contribution is 2.28. The summed E-state index contributed by atoms with van der Waals surface area (Å²) in [5, 5.41) is 15.4. The molecule has 1 heterocycles. The lowest BCUT2D eigenvalue weighted by Gasteiger charge is -2.14. The topological polar surface area (TPSA) is 88.9 Å². The molecular weight excluding hydrogens is 550 g/mol. The van der Waals surface area contributed by atoms with Gasteiger partial charge in [-0.05, 0) is 54.3 Å².